The number of nitrogens with one attached hydrogen (secondary N) is 1. The zero-order chi connectivity index (χ0) is 24.7. The van der Waals surface area contributed by atoms with Crippen LogP contribution in [0.1, 0.15) is 43.7 Å². The molecule has 10 heteroatoms. The fourth-order valence-corrected chi connectivity index (χ4v) is 5.07. The van der Waals surface area contributed by atoms with Gasteiger partial charge < -0.3 is 25.0 Å². The van der Waals surface area contributed by atoms with Crippen LogP contribution < -0.4 is 5.32 Å². The Morgan fingerprint density at radius 3 is 2.74 bits per heavy atom. The Bertz CT molecular complexity index is 1250. The van der Waals surface area contributed by atoms with Gasteiger partial charge >= 0.3 is 0 Å². The highest BCUT2D eigenvalue weighted by molar-refractivity contribution is 6.33. The number of aliphatic hydroxyl groups excluding tert-OH is 1. The summed E-state index contributed by atoms with van der Waals surface area (Å²) in [6.45, 7) is 5.39. The molecule has 0 bridgehead atoms. The van der Waals surface area contributed by atoms with E-state index in [1.165, 1.54) is 12.3 Å². The van der Waals surface area contributed by atoms with Crippen molar-refractivity contribution >= 4 is 28.5 Å². The largest absolute Gasteiger partial charge is 0.389 e. The molecule has 2 aliphatic rings. The van der Waals surface area contributed by atoms with Gasteiger partial charge in [0.05, 0.1) is 42.3 Å². The normalized spacial score (nSPS) is 24.9. The molecule has 0 radical (unpaired) electrons. The number of benzene rings is 1. The smallest absolute Gasteiger partial charge is 0.223 e. The molecular formula is C25H28ClFN4O4. The molecule has 0 aliphatic carbocycles. The maximum Gasteiger partial charge on any atom is 0.223 e. The number of hydrogen-bond donors (Lipinski definition) is 3. The van der Waals surface area contributed by atoms with Crippen LogP contribution in [-0.4, -0.2) is 63.7 Å². The molecule has 3 N–H and O–H groups in total. The first-order valence-corrected chi connectivity index (χ1v) is 12.1. The minimum absolute atomic E-state index is 0.0112. The summed E-state index contributed by atoms with van der Waals surface area (Å²) >= 11 is 6.45. The van der Waals surface area contributed by atoms with Gasteiger partial charge in [-0.05, 0) is 30.0 Å². The van der Waals surface area contributed by atoms with Crippen LogP contribution in [0.5, 0.6) is 0 Å². The zero-order valence-corrected chi connectivity index (χ0v) is 20.3. The molecule has 3 atom stereocenters. The summed E-state index contributed by atoms with van der Waals surface area (Å²) in [5, 5.41) is 25.4. The lowest BCUT2D eigenvalue weighted by Gasteiger charge is -2.28. The van der Waals surface area contributed by atoms with Gasteiger partial charge in [0.2, 0.25) is 5.95 Å². The third-order valence-electron chi connectivity index (χ3n) is 6.70. The maximum atomic E-state index is 15.3. The van der Waals surface area contributed by atoms with E-state index in [0.717, 1.165) is 5.56 Å². The fourth-order valence-electron chi connectivity index (χ4n) is 4.87. The number of fused-ring (bicyclic) bond motifs is 1. The highest BCUT2D eigenvalue weighted by Crippen LogP contribution is 2.40. The third-order valence-corrected chi connectivity index (χ3v) is 6.98. The molecule has 5 rings (SSSR count). The lowest BCUT2D eigenvalue weighted by molar-refractivity contribution is -0.0136. The van der Waals surface area contributed by atoms with Crippen LogP contribution in [0.15, 0.2) is 24.5 Å². The van der Waals surface area contributed by atoms with Gasteiger partial charge in [-0.25, -0.2) is 14.4 Å². The summed E-state index contributed by atoms with van der Waals surface area (Å²) in [6, 6.07) is 2.90. The van der Waals surface area contributed by atoms with Crippen molar-refractivity contribution in [1.82, 2.24) is 15.0 Å². The number of halogens is 2. The first kappa shape index (κ1) is 24.3. The first-order chi connectivity index (χ1) is 16.8. The average molecular weight is 503 g/mol. The summed E-state index contributed by atoms with van der Waals surface area (Å²) in [4.78, 5) is 13.2. The predicted octanol–water partition coefficient (Wildman–Crippen LogP) is 3.78. The Hall–Kier alpha value is -2.43. The second-order valence-corrected chi connectivity index (χ2v) is 9.91. The van der Waals surface area contributed by atoms with Gasteiger partial charge in [-0.1, -0.05) is 25.4 Å². The van der Waals surface area contributed by atoms with Gasteiger partial charge in [0.25, 0.3) is 0 Å². The van der Waals surface area contributed by atoms with Crippen LogP contribution >= 0.6 is 11.6 Å². The molecule has 0 amide bonds. The van der Waals surface area contributed by atoms with Crippen molar-refractivity contribution in [3.8, 4) is 11.3 Å². The van der Waals surface area contributed by atoms with Crippen LogP contribution in [0, 0.1) is 5.82 Å². The summed E-state index contributed by atoms with van der Waals surface area (Å²) in [7, 11) is 0. The minimum Gasteiger partial charge on any atom is -0.389 e. The molecule has 8 nitrogen and oxygen atoms in total. The Labute approximate surface area is 207 Å². The molecule has 4 heterocycles. The number of aromatic nitrogens is 3. The van der Waals surface area contributed by atoms with E-state index < -0.39 is 17.5 Å². The van der Waals surface area contributed by atoms with E-state index in [-0.39, 0.29) is 41.7 Å². The SMILES string of the molecule is CC(C)c1c(C2(O)CCOC2)cnc2c(F)cc(-c3nc(N[C@@H]4CCOC[C@H]4O)ncc3Cl)cc12. The Kier molecular flexibility index (Phi) is 6.63. The van der Waals surface area contributed by atoms with Gasteiger partial charge in [0.1, 0.15) is 16.9 Å². The average Bonchev–Trinajstić information content (AvgIpc) is 3.28. The van der Waals surface area contributed by atoms with Gasteiger partial charge in [-0.15, -0.1) is 0 Å². The Balaban J connectivity index is 1.61. The number of rotatable bonds is 5. The topological polar surface area (TPSA) is 110 Å². The van der Waals surface area contributed by atoms with Gasteiger partial charge in [0, 0.05) is 42.3 Å². The van der Waals surface area contributed by atoms with Gasteiger partial charge in [-0.3, -0.25) is 4.98 Å². The first-order valence-electron chi connectivity index (χ1n) is 11.7. The van der Waals surface area contributed by atoms with Crippen LogP contribution in [0.2, 0.25) is 5.02 Å². The molecule has 2 saturated heterocycles. The summed E-state index contributed by atoms with van der Waals surface area (Å²) in [5.74, 6) is -0.239. The van der Waals surface area contributed by atoms with Crippen molar-refractivity contribution in [3.63, 3.8) is 0 Å². The van der Waals surface area contributed by atoms with Crippen molar-refractivity contribution in [1.29, 1.82) is 0 Å². The quantitative estimate of drug-likeness (QED) is 0.483. The molecule has 0 spiro atoms. The fraction of sp³-hybridized carbons (Fsp3) is 0.480. The lowest BCUT2D eigenvalue weighted by atomic mass is 9.84. The number of pyridine rings is 1. The molecule has 1 aromatic carbocycles. The molecule has 2 aromatic heterocycles. The highest BCUT2D eigenvalue weighted by Gasteiger charge is 2.37. The number of anilines is 1. The Morgan fingerprint density at radius 1 is 1.20 bits per heavy atom. The monoisotopic (exact) mass is 502 g/mol. The number of hydrogen-bond acceptors (Lipinski definition) is 8. The van der Waals surface area contributed by atoms with Crippen LogP contribution in [-0.2, 0) is 15.1 Å². The molecule has 2 fully saturated rings. The molecule has 1 unspecified atom stereocenters. The van der Waals surface area contributed by atoms with E-state index >= 15 is 4.39 Å². The van der Waals surface area contributed by atoms with Crippen molar-refractivity contribution in [2.24, 2.45) is 0 Å². The van der Waals surface area contributed by atoms with Gasteiger partial charge in [-0.2, -0.15) is 0 Å². The standard InChI is InChI=1S/C25H28ClFN4O4/c1-13(2)21-15-7-14(8-18(27)23(15)28-9-16(21)25(33)4-6-35-12-25)22-17(26)10-29-24(31-22)30-19-3-5-34-11-20(19)32/h7-10,13,19-20,32-33H,3-6,11-12H2,1-2H3,(H,29,30,31)/t19-,20-,25?/m1/s1. The van der Waals surface area contributed by atoms with Crippen molar-refractivity contribution < 1.29 is 24.1 Å². The molecule has 2 aliphatic heterocycles. The van der Waals surface area contributed by atoms with E-state index in [2.05, 4.69) is 20.3 Å². The van der Waals surface area contributed by atoms with Crippen molar-refractivity contribution in [2.45, 2.75) is 50.4 Å². The summed E-state index contributed by atoms with van der Waals surface area (Å²) in [5.41, 5.74) is 1.35. The van der Waals surface area contributed by atoms with Gasteiger partial charge in [0.15, 0.2) is 0 Å². The molecular weight excluding hydrogens is 475 g/mol. The predicted molar refractivity (Wildman–Crippen MR) is 130 cm³/mol. The molecule has 186 valence electrons. The van der Waals surface area contributed by atoms with E-state index in [1.807, 2.05) is 19.9 Å². The van der Waals surface area contributed by atoms with Crippen LogP contribution in [0.25, 0.3) is 22.2 Å². The third kappa shape index (κ3) is 4.59. The maximum absolute atomic E-state index is 15.3. The number of nitrogens with zero attached hydrogens (tertiary/aromatic N) is 3. The number of aliphatic hydroxyl groups is 2. The summed E-state index contributed by atoms with van der Waals surface area (Å²) < 4.78 is 26.1. The zero-order valence-electron chi connectivity index (χ0n) is 19.6. The minimum atomic E-state index is -1.17. The molecule has 3 aromatic rings. The van der Waals surface area contributed by atoms with E-state index in [1.54, 1.807) is 6.20 Å². The Morgan fingerprint density at radius 2 is 2.03 bits per heavy atom. The van der Waals surface area contributed by atoms with Crippen molar-refractivity contribution in [3.05, 3.63) is 46.5 Å². The van der Waals surface area contributed by atoms with E-state index in [0.29, 0.717) is 48.3 Å². The lowest BCUT2D eigenvalue weighted by Crippen LogP contribution is -2.42. The second kappa shape index (κ2) is 9.55. The summed E-state index contributed by atoms with van der Waals surface area (Å²) in [6.07, 6.45) is 3.39. The van der Waals surface area contributed by atoms with E-state index in [9.17, 15) is 10.2 Å². The van der Waals surface area contributed by atoms with E-state index in [4.69, 9.17) is 21.1 Å². The number of ether oxygens (including phenoxy) is 2. The highest BCUT2D eigenvalue weighted by atomic mass is 35.5. The van der Waals surface area contributed by atoms with Crippen molar-refractivity contribution in [2.75, 3.05) is 31.7 Å². The molecule has 35 heavy (non-hydrogen) atoms. The van der Waals surface area contributed by atoms with Crippen LogP contribution in [0.4, 0.5) is 10.3 Å². The second-order valence-electron chi connectivity index (χ2n) is 9.50. The molecule has 0 saturated carbocycles. The van der Waals surface area contributed by atoms with Crippen LogP contribution in [0.3, 0.4) is 0 Å².